The highest BCUT2D eigenvalue weighted by Gasteiger charge is 2.53. The number of benzene rings is 2. The number of thiocarbonyl (C=S) groups is 1. The molecule has 41 heavy (non-hydrogen) atoms. The van der Waals surface area contributed by atoms with Gasteiger partial charge in [-0.3, -0.25) is 24.6 Å². The van der Waals surface area contributed by atoms with Crippen molar-refractivity contribution in [3.8, 4) is 0 Å². The molecule has 2 aromatic carbocycles. The maximum Gasteiger partial charge on any atom is 0.269 e. The normalized spacial score (nSPS) is 18.3. The van der Waals surface area contributed by atoms with Crippen molar-refractivity contribution in [3.63, 3.8) is 0 Å². The number of likely N-dealkylation sites (tertiary alicyclic amines) is 1. The molecule has 1 aliphatic heterocycles. The van der Waals surface area contributed by atoms with Crippen LogP contribution in [0, 0.1) is 21.4 Å². The van der Waals surface area contributed by atoms with Gasteiger partial charge in [-0.15, -0.1) is 11.8 Å². The monoisotopic (exact) mass is 616 g/mol. The van der Waals surface area contributed by atoms with Crippen molar-refractivity contribution in [2.24, 2.45) is 11.3 Å². The Morgan fingerprint density at radius 3 is 2.20 bits per heavy atom. The zero-order valence-corrected chi connectivity index (χ0v) is 26.5. The van der Waals surface area contributed by atoms with E-state index in [1.165, 1.54) is 40.6 Å². The molecule has 1 N–H and O–H groups in total. The quantitative estimate of drug-likeness (QED) is 0.0710. The molecule has 1 heterocycles. The number of β-lactam (4-membered cyclic amide) rings is 1. The second-order valence-electron chi connectivity index (χ2n) is 10.7. The average molecular weight is 617 g/mol. The third-order valence-electron chi connectivity index (χ3n) is 6.55. The number of hydrogen-bond donors (Lipinski definition) is 1. The highest BCUT2D eigenvalue weighted by molar-refractivity contribution is 8.04. The molecule has 3 rings (SSSR count). The van der Waals surface area contributed by atoms with Gasteiger partial charge in [0.15, 0.2) is 5.78 Å². The Morgan fingerprint density at radius 2 is 1.71 bits per heavy atom. The fourth-order valence-corrected chi connectivity index (χ4v) is 6.97. The van der Waals surface area contributed by atoms with Gasteiger partial charge in [0.25, 0.3) is 5.69 Å². The number of aliphatic hydroxyl groups is 1. The minimum Gasteiger partial charge on any atom is -0.477 e. The van der Waals surface area contributed by atoms with Crippen molar-refractivity contribution >= 4 is 58.2 Å². The maximum atomic E-state index is 14.0. The Labute approximate surface area is 255 Å². The van der Waals surface area contributed by atoms with Crippen molar-refractivity contribution in [1.82, 2.24) is 4.90 Å². The van der Waals surface area contributed by atoms with Crippen molar-refractivity contribution in [2.45, 2.75) is 70.9 Å². The number of non-ortho nitro benzene ring substituents is 1. The minimum absolute atomic E-state index is 0.0133. The Kier molecular flexibility index (Phi) is 11.2. The number of ketones is 1. The van der Waals surface area contributed by atoms with Gasteiger partial charge in [0, 0.05) is 22.4 Å². The molecular weight excluding hydrogens is 581 g/mol. The number of rotatable bonds is 12. The van der Waals surface area contributed by atoms with Gasteiger partial charge in [0.2, 0.25) is 11.0 Å². The average Bonchev–Trinajstić information content (AvgIpc) is 2.92. The Balaban J connectivity index is 2.12. The summed E-state index contributed by atoms with van der Waals surface area (Å²) in [5, 5.41) is 21.0. The molecule has 0 aliphatic carbocycles. The largest absolute Gasteiger partial charge is 0.477 e. The molecule has 3 atom stereocenters. The van der Waals surface area contributed by atoms with Crippen LogP contribution in [0.5, 0.6) is 0 Å². The molecule has 0 bridgehead atoms. The molecule has 1 fully saturated rings. The number of Topliss-reactive ketones (excluding diaryl/α,β-unsaturated/α-hetero) is 1. The van der Waals surface area contributed by atoms with Crippen LogP contribution >= 0.6 is 35.7 Å². The zero-order chi connectivity index (χ0) is 30.5. The molecule has 0 aromatic heterocycles. The maximum absolute atomic E-state index is 14.0. The highest BCUT2D eigenvalue weighted by Crippen LogP contribution is 2.45. The lowest BCUT2D eigenvalue weighted by Crippen LogP contribution is -2.63. The molecule has 8 nitrogen and oxygen atoms in total. The van der Waals surface area contributed by atoms with Gasteiger partial charge >= 0.3 is 0 Å². The fraction of sp³-hybridized carbons (Fsp3) is 0.433. The first-order valence-corrected chi connectivity index (χ1v) is 15.7. The van der Waals surface area contributed by atoms with Crippen molar-refractivity contribution in [3.05, 3.63) is 80.4 Å². The van der Waals surface area contributed by atoms with E-state index in [4.69, 9.17) is 17.0 Å². The molecule has 0 saturated carbocycles. The number of carbonyl (C=O) groups is 2. The minimum atomic E-state index is -0.880. The molecule has 1 aliphatic rings. The van der Waals surface area contributed by atoms with Gasteiger partial charge in [-0.05, 0) is 66.7 Å². The molecule has 11 heteroatoms. The smallest absolute Gasteiger partial charge is 0.269 e. The summed E-state index contributed by atoms with van der Waals surface area (Å²) in [6, 6.07) is 13.8. The number of carbonyl (C=O) groups excluding carboxylic acids is 2. The van der Waals surface area contributed by atoms with Gasteiger partial charge in [-0.1, -0.05) is 58.5 Å². The zero-order valence-electron chi connectivity index (χ0n) is 24.1. The first-order valence-electron chi connectivity index (χ1n) is 13.4. The SMILES string of the molecule is CCS[C@@H]1[C@@H]([C@@H](C)O)C(=O)N1C(C(=S)OCc1ccc([N+](=O)[O-])cc1)=C(Sc1ccc(CC)cc1)C(=O)C(C)(C)C. The number of aliphatic hydroxyl groups excluding tert-OH is 1. The van der Waals surface area contributed by atoms with Crippen molar-refractivity contribution in [1.29, 1.82) is 0 Å². The predicted molar refractivity (Wildman–Crippen MR) is 168 cm³/mol. The number of hydrogen-bond acceptors (Lipinski definition) is 9. The van der Waals surface area contributed by atoms with E-state index in [-0.39, 0.29) is 39.6 Å². The number of thioether (sulfide) groups is 2. The summed E-state index contributed by atoms with van der Waals surface area (Å²) < 4.78 is 6.01. The van der Waals surface area contributed by atoms with Gasteiger partial charge in [0.05, 0.1) is 27.2 Å². The molecule has 0 spiro atoms. The van der Waals surface area contributed by atoms with Crippen LogP contribution in [0.3, 0.4) is 0 Å². The number of allylic oxidation sites excluding steroid dienone is 1. The van der Waals surface area contributed by atoms with Crippen LogP contribution < -0.4 is 0 Å². The lowest BCUT2D eigenvalue weighted by atomic mass is 9.88. The van der Waals surface area contributed by atoms with E-state index in [1.54, 1.807) is 19.1 Å². The molecule has 0 radical (unpaired) electrons. The second-order valence-corrected chi connectivity index (χ2v) is 13.5. The van der Waals surface area contributed by atoms with Crippen LogP contribution in [-0.2, 0) is 27.4 Å². The lowest BCUT2D eigenvalue weighted by molar-refractivity contribution is -0.384. The van der Waals surface area contributed by atoms with E-state index >= 15 is 0 Å². The summed E-state index contributed by atoms with van der Waals surface area (Å²) in [6.45, 7) is 11.0. The lowest BCUT2D eigenvalue weighted by Gasteiger charge is -2.49. The fourth-order valence-electron chi connectivity index (χ4n) is 4.20. The van der Waals surface area contributed by atoms with Crippen LogP contribution in [-0.4, -0.2) is 48.9 Å². The summed E-state index contributed by atoms with van der Waals surface area (Å²) in [4.78, 5) is 40.7. The molecular formula is C30H36N2O6S3. The van der Waals surface area contributed by atoms with Gasteiger partial charge in [0.1, 0.15) is 12.3 Å². The van der Waals surface area contributed by atoms with E-state index < -0.39 is 27.7 Å². The van der Waals surface area contributed by atoms with Gasteiger partial charge < -0.3 is 9.84 Å². The Hall–Kier alpha value is -2.73. The van der Waals surface area contributed by atoms with Gasteiger partial charge in [-0.25, -0.2) is 0 Å². The molecule has 0 unspecified atom stereocenters. The molecule has 220 valence electrons. The van der Waals surface area contributed by atoms with Gasteiger partial charge in [-0.2, -0.15) is 0 Å². The summed E-state index contributed by atoms with van der Waals surface area (Å²) in [5.41, 5.74) is 1.16. The number of nitro groups is 1. The molecule has 2 aromatic rings. The van der Waals surface area contributed by atoms with E-state index in [1.807, 2.05) is 52.0 Å². The number of nitrogens with zero attached hydrogens (tertiary/aromatic N) is 2. The Morgan fingerprint density at radius 1 is 1.12 bits per heavy atom. The third-order valence-corrected chi connectivity index (χ3v) is 9.13. The highest BCUT2D eigenvalue weighted by atomic mass is 32.2. The summed E-state index contributed by atoms with van der Waals surface area (Å²) >= 11 is 8.49. The number of ether oxygens (including phenoxy) is 1. The van der Waals surface area contributed by atoms with E-state index in [2.05, 4.69) is 6.92 Å². The van der Waals surface area contributed by atoms with Crippen molar-refractivity contribution in [2.75, 3.05) is 5.75 Å². The van der Waals surface area contributed by atoms with E-state index in [0.29, 0.717) is 11.3 Å². The van der Waals surface area contributed by atoms with Crippen LogP contribution in [0.2, 0.25) is 0 Å². The Bertz CT molecular complexity index is 1320. The summed E-state index contributed by atoms with van der Waals surface area (Å²) in [5.74, 6) is -0.502. The first-order chi connectivity index (χ1) is 19.3. The standard InChI is InChI=1S/C30H36N2O6S3/c1-7-19-11-15-22(16-12-19)41-25(26(34)30(4,5)6)24(31-27(35)23(18(3)33)28(31)40-8-2)29(39)38-17-20-9-13-21(14-10-20)32(36)37/h9-16,18,23,28,33H,7-8,17H2,1-6H3/t18-,23+,28-/m1/s1. The first kappa shape index (κ1) is 32.8. The van der Waals surface area contributed by atoms with Crippen LogP contribution in [0.1, 0.15) is 52.7 Å². The van der Waals surface area contributed by atoms with E-state index in [0.717, 1.165) is 16.9 Å². The van der Waals surface area contributed by atoms with Crippen LogP contribution in [0.25, 0.3) is 0 Å². The molecule has 1 saturated heterocycles. The predicted octanol–water partition coefficient (Wildman–Crippen LogP) is 6.54. The van der Waals surface area contributed by atoms with Crippen LogP contribution in [0.4, 0.5) is 5.69 Å². The van der Waals surface area contributed by atoms with Crippen LogP contribution in [0.15, 0.2) is 64.0 Å². The number of amides is 1. The number of aryl methyl sites for hydroxylation is 1. The number of nitro benzene ring substituents is 1. The van der Waals surface area contributed by atoms with Crippen molar-refractivity contribution < 1.29 is 24.4 Å². The summed E-state index contributed by atoms with van der Waals surface area (Å²) in [7, 11) is 0. The molecule has 1 amide bonds. The topological polar surface area (TPSA) is 110 Å². The second kappa shape index (κ2) is 14.0. The summed E-state index contributed by atoms with van der Waals surface area (Å²) in [6.07, 6.45) is -0.00562. The van der Waals surface area contributed by atoms with E-state index in [9.17, 15) is 24.8 Å². The third kappa shape index (κ3) is 7.77.